The number of ketones is 2. The summed E-state index contributed by atoms with van der Waals surface area (Å²) in [5, 5.41) is 46.9. The summed E-state index contributed by atoms with van der Waals surface area (Å²) in [6.07, 6.45) is -1.05. The summed E-state index contributed by atoms with van der Waals surface area (Å²) >= 11 is 0. The molecule has 0 spiro atoms. The van der Waals surface area contributed by atoms with E-state index in [1.54, 1.807) is 19.0 Å². The smallest absolute Gasteiger partial charge is 0.411 e. The number of aliphatic hydroxyl groups is 3. The van der Waals surface area contributed by atoms with Crippen LogP contribution in [0.2, 0.25) is 0 Å². The molecular weight excluding hydrogens is 498 g/mol. The zero-order valence-electron chi connectivity index (χ0n) is 21.5. The Hall–Kier alpha value is -4.06. The lowest BCUT2D eigenvalue weighted by molar-refractivity contribution is -0.147. The Morgan fingerprint density at radius 1 is 1.21 bits per heavy atom. The first kappa shape index (κ1) is 27.0. The number of hydrogen-bond acceptors (Lipinski definition) is 10. The number of ether oxygens (including phenoxy) is 1. The molecule has 12 nitrogen and oxygen atoms in total. The van der Waals surface area contributed by atoms with Gasteiger partial charge in [0.05, 0.1) is 17.9 Å². The number of carbonyl (C=O) groups is 4. The van der Waals surface area contributed by atoms with Crippen molar-refractivity contribution < 1.29 is 44.3 Å². The van der Waals surface area contributed by atoms with Gasteiger partial charge in [0.2, 0.25) is 5.78 Å². The van der Waals surface area contributed by atoms with Gasteiger partial charge in [-0.15, -0.1) is 0 Å². The summed E-state index contributed by atoms with van der Waals surface area (Å²) in [6.45, 7) is 3.85. The monoisotopic (exact) mass is 529 g/mol. The Kier molecular flexibility index (Phi) is 6.64. The van der Waals surface area contributed by atoms with Crippen LogP contribution in [0.25, 0.3) is 5.76 Å². The second-order valence-corrected chi connectivity index (χ2v) is 10.6. The van der Waals surface area contributed by atoms with Crippen LogP contribution in [0.15, 0.2) is 23.0 Å². The minimum atomic E-state index is -2.65. The predicted molar refractivity (Wildman–Crippen MR) is 136 cm³/mol. The number of primary amides is 1. The van der Waals surface area contributed by atoms with Crippen molar-refractivity contribution >= 4 is 40.7 Å². The van der Waals surface area contributed by atoms with Crippen molar-refractivity contribution in [2.24, 2.45) is 23.5 Å². The number of amides is 2. The average molecular weight is 530 g/mol. The molecule has 1 aromatic rings. The molecule has 3 aliphatic carbocycles. The normalized spacial score (nSPS) is 24.6. The van der Waals surface area contributed by atoms with E-state index >= 15 is 0 Å². The van der Waals surface area contributed by atoms with E-state index < -0.39 is 70.3 Å². The number of phenols is 1. The van der Waals surface area contributed by atoms with Gasteiger partial charge in [-0.1, -0.05) is 13.8 Å². The number of nitrogens with one attached hydrogen (secondary N) is 1. The van der Waals surface area contributed by atoms with Crippen LogP contribution in [0.5, 0.6) is 5.75 Å². The summed E-state index contributed by atoms with van der Waals surface area (Å²) in [4.78, 5) is 51.9. The number of anilines is 2. The molecule has 0 radical (unpaired) electrons. The van der Waals surface area contributed by atoms with Crippen LogP contribution in [0.1, 0.15) is 37.8 Å². The minimum absolute atomic E-state index is 0.0259. The predicted octanol–water partition coefficient (Wildman–Crippen LogP) is 1.69. The van der Waals surface area contributed by atoms with E-state index in [0.717, 1.165) is 0 Å². The number of hydrogen-bond donors (Lipinski definition) is 6. The van der Waals surface area contributed by atoms with E-state index in [1.165, 1.54) is 6.07 Å². The van der Waals surface area contributed by atoms with Gasteiger partial charge in [0.1, 0.15) is 17.1 Å². The van der Waals surface area contributed by atoms with Gasteiger partial charge in [-0.2, -0.15) is 0 Å². The Bertz CT molecular complexity index is 1330. The van der Waals surface area contributed by atoms with E-state index in [0.29, 0.717) is 11.3 Å². The first-order valence-electron chi connectivity index (χ1n) is 12.2. The first-order chi connectivity index (χ1) is 17.7. The lowest BCUT2D eigenvalue weighted by atomic mass is 9.59. The van der Waals surface area contributed by atoms with Crippen LogP contribution in [0.3, 0.4) is 0 Å². The maximum Gasteiger partial charge on any atom is 0.411 e. The third-order valence-electron chi connectivity index (χ3n) is 7.31. The molecule has 38 heavy (non-hydrogen) atoms. The molecule has 204 valence electrons. The summed E-state index contributed by atoms with van der Waals surface area (Å²) < 4.78 is 5.12. The highest BCUT2D eigenvalue weighted by Gasteiger charge is 2.60. The van der Waals surface area contributed by atoms with Crippen molar-refractivity contribution in [3.8, 4) is 5.75 Å². The molecule has 0 bridgehead atoms. The lowest BCUT2D eigenvalue weighted by Crippen LogP contribution is -2.58. The molecule has 1 aromatic carbocycles. The zero-order chi connectivity index (χ0) is 28.3. The van der Waals surface area contributed by atoms with E-state index in [-0.39, 0.29) is 42.2 Å². The fraction of sp³-hybridized carbons (Fsp3) is 0.462. The number of rotatable bonds is 5. The molecule has 0 saturated heterocycles. The van der Waals surface area contributed by atoms with Gasteiger partial charge in [-0.05, 0) is 36.3 Å². The molecule has 1 saturated carbocycles. The van der Waals surface area contributed by atoms with Crippen molar-refractivity contribution in [1.29, 1.82) is 0 Å². The van der Waals surface area contributed by atoms with Crippen molar-refractivity contribution in [2.45, 2.75) is 38.7 Å². The number of fused-ring (bicyclic) bond motifs is 3. The van der Waals surface area contributed by atoms with Gasteiger partial charge in [-0.3, -0.25) is 19.7 Å². The Morgan fingerprint density at radius 2 is 1.87 bits per heavy atom. The highest BCUT2D eigenvalue weighted by molar-refractivity contribution is 6.22. The van der Waals surface area contributed by atoms with E-state index in [1.807, 2.05) is 13.8 Å². The fourth-order valence-corrected chi connectivity index (χ4v) is 5.55. The van der Waals surface area contributed by atoms with Crippen LogP contribution in [-0.4, -0.2) is 70.3 Å². The number of aromatic hydroxyl groups is 1. The number of phenolic OH excluding ortho intramolecular Hbond substituents is 1. The number of nitrogens with two attached hydrogens (primary N) is 1. The molecule has 0 heterocycles. The van der Waals surface area contributed by atoms with Gasteiger partial charge >= 0.3 is 6.09 Å². The second-order valence-electron chi connectivity index (χ2n) is 10.6. The van der Waals surface area contributed by atoms with Gasteiger partial charge in [0.25, 0.3) is 5.91 Å². The van der Waals surface area contributed by atoms with E-state index in [2.05, 4.69) is 5.32 Å². The van der Waals surface area contributed by atoms with Gasteiger partial charge in [-0.25, -0.2) is 4.79 Å². The SMILES string of the molecule is CC(C)COC(=O)Nc1cc(N(C)C)c2c(c1O)C(O)=C1C(=O)C3(O)C(O)=C(C(N)=O)C(=O)CC3CC1C2. The van der Waals surface area contributed by atoms with Crippen LogP contribution in [0, 0.1) is 17.8 Å². The number of nitrogens with zero attached hydrogens (tertiary/aromatic N) is 1. The molecule has 4 rings (SSSR count). The Labute approximate surface area is 218 Å². The zero-order valence-corrected chi connectivity index (χ0v) is 21.5. The van der Waals surface area contributed by atoms with Gasteiger partial charge < -0.3 is 35.8 Å². The average Bonchev–Trinajstić information content (AvgIpc) is 2.81. The maximum absolute atomic E-state index is 13.7. The molecule has 3 atom stereocenters. The molecule has 1 fully saturated rings. The Morgan fingerprint density at radius 3 is 2.45 bits per heavy atom. The summed E-state index contributed by atoms with van der Waals surface area (Å²) in [5.74, 6) is -7.10. The standard InChI is InChI=1S/C26H31N3O9/c1-10(2)9-38-25(36)28-14-8-15(29(3)4)13-6-11-5-12-7-16(30)19(24(27)35)23(34)26(12,37)22(33)17(11)21(32)18(13)20(14)31/h8,10-12,31-32,34,37H,5-7,9H2,1-4H3,(H2,27,35)(H,28,36). The van der Waals surface area contributed by atoms with Crippen molar-refractivity contribution in [2.75, 3.05) is 30.9 Å². The molecule has 12 heteroatoms. The van der Waals surface area contributed by atoms with Crippen LogP contribution in [0.4, 0.5) is 16.2 Å². The molecule has 0 aromatic heterocycles. The third-order valence-corrected chi connectivity index (χ3v) is 7.31. The maximum atomic E-state index is 13.7. The second kappa shape index (κ2) is 9.35. The molecular formula is C26H31N3O9. The highest BCUT2D eigenvalue weighted by atomic mass is 16.5. The molecule has 3 aliphatic rings. The molecule has 3 unspecified atom stereocenters. The van der Waals surface area contributed by atoms with Crippen LogP contribution >= 0.6 is 0 Å². The van der Waals surface area contributed by atoms with Gasteiger partial charge in [0, 0.05) is 37.7 Å². The lowest BCUT2D eigenvalue weighted by Gasteiger charge is -2.46. The molecule has 0 aliphatic heterocycles. The van der Waals surface area contributed by atoms with Crippen LogP contribution < -0.4 is 16.0 Å². The summed E-state index contributed by atoms with van der Waals surface area (Å²) in [5.41, 5.74) is 2.27. The quantitative estimate of drug-likeness (QED) is 0.241. The van der Waals surface area contributed by atoms with E-state index in [4.69, 9.17) is 10.5 Å². The largest absolute Gasteiger partial charge is 0.508 e. The van der Waals surface area contributed by atoms with Crippen molar-refractivity contribution in [1.82, 2.24) is 0 Å². The highest BCUT2D eigenvalue weighted by Crippen LogP contribution is 2.54. The van der Waals surface area contributed by atoms with Crippen molar-refractivity contribution in [3.63, 3.8) is 0 Å². The van der Waals surface area contributed by atoms with Gasteiger partial charge in [0.15, 0.2) is 17.1 Å². The van der Waals surface area contributed by atoms with Crippen molar-refractivity contribution in [3.05, 3.63) is 34.1 Å². The minimum Gasteiger partial charge on any atom is -0.508 e. The molecule has 7 N–H and O–H groups in total. The number of Topliss-reactive ketones (excluding diaryl/α,β-unsaturated/α-hetero) is 2. The number of aliphatic hydroxyl groups excluding tert-OH is 2. The fourth-order valence-electron chi connectivity index (χ4n) is 5.55. The topological polar surface area (TPSA) is 200 Å². The Balaban J connectivity index is 1.86. The van der Waals surface area contributed by atoms with Crippen LogP contribution in [-0.2, 0) is 25.5 Å². The first-order valence-corrected chi connectivity index (χ1v) is 12.2. The molecule has 2 amide bonds. The summed E-state index contributed by atoms with van der Waals surface area (Å²) in [7, 11) is 3.45. The summed E-state index contributed by atoms with van der Waals surface area (Å²) in [6, 6.07) is 1.52. The third kappa shape index (κ3) is 4.05. The number of benzene rings is 1. The van der Waals surface area contributed by atoms with E-state index in [9.17, 15) is 39.6 Å². The number of carbonyl (C=O) groups excluding carboxylic acids is 4.